The van der Waals surface area contributed by atoms with Crippen molar-refractivity contribution in [2.75, 3.05) is 13.2 Å². The van der Waals surface area contributed by atoms with Crippen molar-refractivity contribution >= 4 is 40.3 Å². The van der Waals surface area contributed by atoms with Crippen LogP contribution in [0.3, 0.4) is 0 Å². The second-order valence-electron chi connectivity index (χ2n) is 7.41. The number of carbonyl (C=O) groups is 2. The molecule has 0 aliphatic carbocycles. The number of nitrogens with one attached hydrogen (secondary N) is 1. The number of carbonyl (C=O) groups excluding carboxylic acids is 2. The van der Waals surface area contributed by atoms with Crippen LogP contribution in [-0.2, 0) is 9.59 Å². The lowest BCUT2D eigenvalue weighted by Gasteiger charge is -2.19. The topological polar surface area (TPSA) is 80.2 Å². The van der Waals surface area contributed by atoms with Gasteiger partial charge in [0.2, 0.25) is 11.8 Å². The zero-order valence-corrected chi connectivity index (χ0v) is 20.0. The van der Waals surface area contributed by atoms with Gasteiger partial charge in [-0.15, -0.1) is 5.10 Å². The van der Waals surface area contributed by atoms with Gasteiger partial charge in [0.15, 0.2) is 5.17 Å². The molecule has 3 rings (SSSR count). The minimum atomic E-state index is -0.330. The van der Waals surface area contributed by atoms with E-state index in [2.05, 4.69) is 10.4 Å². The number of amidine groups is 1. The van der Waals surface area contributed by atoms with E-state index >= 15 is 0 Å². The third-order valence-corrected chi connectivity index (χ3v) is 6.35. The average molecular weight is 476 g/mol. The second-order valence-corrected chi connectivity index (χ2v) is 8.86. The molecule has 1 atom stereocenters. The van der Waals surface area contributed by atoms with E-state index < -0.39 is 0 Å². The Morgan fingerprint density at radius 2 is 1.66 bits per heavy atom. The summed E-state index contributed by atoms with van der Waals surface area (Å²) in [6, 6.07) is 11.4. The zero-order valence-electron chi connectivity index (χ0n) is 18.5. The largest absolute Gasteiger partial charge is 0.493 e. The molecular formula is C23H26ClN3O4S. The first kappa shape index (κ1) is 23.9. The van der Waals surface area contributed by atoms with E-state index in [1.807, 2.05) is 50.2 Å². The van der Waals surface area contributed by atoms with Gasteiger partial charge in [-0.25, -0.2) is 5.01 Å². The van der Waals surface area contributed by atoms with Crippen LogP contribution in [0.15, 0.2) is 41.5 Å². The van der Waals surface area contributed by atoms with Crippen LogP contribution in [0.2, 0.25) is 5.02 Å². The lowest BCUT2D eigenvalue weighted by molar-refractivity contribution is -0.129. The number of thioether (sulfide) groups is 1. The van der Waals surface area contributed by atoms with Crippen LogP contribution in [0, 0.1) is 13.8 Å². The highest BCUT2D eigenvalue weighted by molar-refractivity contribution is 8.14. The fraction of sp³-hybridized carbons (Fsp3) is 0.348. The van der Waals surface area contributed by atoms with Crippen LogP contribution in [0.1, 0.15) is 42.3 Å². The Labute approximate surface area is 197 Å². The lowest BCUT2D eigenvalue weighted by atomic mass is 10.1. The second kappa shape index (κ2) is 10.7. The van der Waals surface area contributed by atoms with E-state index in [0.717, 1.165) is 39.6 Å². The van der Waals surface area contributed by atoms with E-state index in [9.17, 15) is 9.59 Å². The maximum atomic E-state index is 11.9. The van der Waals surface area contributed by atoms with E-state index in [0.29, 0.717) is 18.4 Å². The monoisotopic (exact) mass is 475 g/mol. The Kier molecular flexibility index (Phi) is 8.04. The molecule has 0 saturated carbocycles. The van der Waals surface area contributed by atoms with Gasteiger partial charge < -0.3 is 14.8 Å². The third kappa shape index (κ3) is 6.17. The van der Waals surface area contributed by atoms with Crippen molar-refractivity contribution in [2.24, 2.45) is 5.10 Å². The Morgan fingerprint density at radius 1 is 1.06 bits per heavy atom. The Bertz CT molecular complexity index is 1000. The van der Waals surface area contributed by atoms with Gasteiger partial charge in [-0.2, -0.15) is 0 Å². The Balaban J connectivity index is 1.48. The summed E-state index contributed by atoms with van der Waals surface area (Å²) in [5, 5.41) is 9.04. The standard InChI is InChI=1S/C23H26ClN3O4S/c1-14-12-20(13-15(2)21(14)24)31-11-5-10-30-19-8-6-18(7-9-19)22-27(17(4)29)26-23(32-22)25-16(3)28/h6-9,12-13,22H,5,10-11H2,1-4H3,(H,25,26,28). The first-order chi connectivity index (χ1) is 15.2. The molecule has 1 N–H and O–H groups in total. The van der Waals surface area contributed by atoms with Gasteiger partial charge in [-0.1, -0.05) is 35.5 Å². The van der Waals surface area contributed by atoms with Crippen molar-refractivity contribution in [3.8, 4) is 11.5 Å². The van der Waals surface area contributed by atoms with Gasteiger partial charge in [0.05, 0.1) is 13.2 Å². The molecule has 170 valence electrons. The number of aryl methyl sites for hydroxylation is 2. The van der Waals surface area contributed by atoms with Crippen molar-refractivity contribution in [2.45, 2.75) is 39.5 Å². The molecule has 1 unspecified atom stereocenters. The molecule has 1 aliphatic heterocycles. The van der Waals surface area contributed by atoms with Crippen molar-refractivity contribution in [3.05, 3.63) is 58.1 Å². The smallest absolute Gasteiger partial charge is 0.241 e. The number of nitrogens with zero attached hydrogens (tertiary/aromatic N) is 2. The molecule has 2 aromatic rings. The predicted octanol–water partition coefficient (Wildman–Crippen LogP) is 4.81. The minimum Gasteiger partial charge on any atom is -0.493 e. The van der Waals surface area contributed by atoms with Gasteiger partial charge in [0.1, 0.15) is 16.9 Å². The predicted molar refractivity (Wildman–Crippen MR) is 127 cm³/mol. The van der Waals surface area contributed by atoms with Crippen LogP contribution >= 0.6 is 23.4 Å². The van der Waals surface area contributed by atoms with Crippen LogP contribution in [-0.4, -0.2) is 35.2 Å². The van der Waals surface area contributed by atoms with E-state index in [-0.39, 0.29) is 17.2 Å². The molecule has 0 saturated heterocycles. The first-order valence-electron chi connectivity index (χ1n) is 10.2. The van der Waals surface area contributed by atoms with Gasteiger partial charge in [0, 0.05) is 25.3 Å². The van der Waals surface area contributed by atoms with Crippen LogP contribution in [0.4, 0.5) is 0 Å². The van der Waals surface area contributed by atoms with E-state index in [1.54, 1.807) is 0 Å². The summed E-state index contributed by atoms with van der Waals surface area (Å²) in [6.07, 6.45) is 0.729. The van der Waals surface area contributed by atoms with Crippen molar-refractivity contribution in [1.29, 1.82) is 0 Å². The molecular weight excluding hydrogens is 450 g/mol. The summed E-state index contributed by atoms with van der Waals surface area (Å²) >= 11 is 7.50. The number of hydrazone groups is 1. The van der Waals surface area contributed by atoms with Crippen molar-refractivity contribution in [1.82, 2.24) is 10.3 Å². The minimum absolute atomic E-state index is 0.200. The molecule has 0 spiro atoms. The normalized spacial score (nSPS) is 15.3. The number of halogens is 1. The molecule has 2 amide bonds. The van der Waals surface area contributed by atoms with Crippen LogP contribution in [0.25, 0.3) is 0 Å². The molecule has 32 heavy (non-hydrogen) atoms. The van der Waals surface area contributed by atoms with Crippen molar-refractivity contribution < 1.29 is 19.1 Å². The summed E-state index contributed by atoms with van der Waals surface area (Å²) in [6.45, 7) is 7.82. The molecule has 1 aliphatic rings. The highest BCUT2D eigenvalue weighted by atomic mass is 35.5. The number of benzene rings is 2. The summed E-state index contributed by atoms with van der Waals surface area (Å²) in [5.41, 5.74) is 2.88. The molecule has 0 fully saturated rings. The quantitative estimate of drug-likeness (QED) is 0.581. The highest BCUT2D eigenvalue weighted by Gasteiger charge is 2.32. The molecule has 9 heteroatoms. The zero-order chi connectivity index (χ0) is 23.3. The maximum absolute atomic E-state index is 11.9. The van der Waals surface area contributed by atoms with Crippen molar-refractivity contribution in [3.63, 3.8) is 0 Å². The summed E-state index contributed by atoms with van der Waals surface area (Å²) in [4.78, 5) is 23.2. The van der Waals surface area contributed by atoms with Crippen LogP contribution < -0.4 is 14.8 Å². The number of rotatable bonds is 7. The third-order valence-electron chi connectivity index (χ3n) is 4.65. The number of hydrogen-bond donors (Lipinski definition) is 1. The summed E-state index contributed by atoms with van der Waals surface area (Å²) < 4.78 is 11.6. The molecule has 2 aromatic carbocycles. The SMILES string of the molecule is CC(=O)NC1=NN(C(C)=O)C(c2ccc(OCCCOc3cc(C)c(Cl)c(C)c3)cc2)S1. The first-order valence-corrected chi connectivity index (χ1v) is 11.5. The van der Waals surface area contributed by atoms with E-state index in [4.69, 9.17) is 21.1 Å². The van der Waals surface area contributed by atoms with Gasteiger partial charge >= 0.3 is 0 Å². The molecule has 7 nitrogen and oxygen atoms in total. The number of amides is 2. The number of hydrogen-bond acceptors (Lipinski definition) is 6. The lowest BCUT2D eigenvalue weighted by Crippen LogP contribution is -2.25. The van der Waals surface area contributed by atoms with Crippen LogP contribution in [0.5, 0.6) is 11.5 Å². The van der Waals surface area contributed by atoms with E-state index in [1.165, 1.54) is 30.6 Å². The van der Waals surface area contributed by atoms with Gasteiger partial charge in [-0.3, -0.25) is 9.59 Å². The molecule has 1 heterocycles. The fourth-order valence-electron chi connectivity index (χ4n) is 3.14. The number of ether oxygens (including phenoxy) is 2. The molecule has 0 radical (unpaired) electrons. The summed E-state index contributed by atoms with van der Waals surface area (Å²) in [5.74, 6) is 1.11. The molecule has 0 bridgehead atoms. The average Bonchev–Trinajstić information content (AvgIpc) is 3.15. The summed E-state index contributed by atoms with van der Waals surface area (Å²) in [7, 11) is 0. The Hall–Kier alpha value is -2.71. The highest BCUT2D eigenvalue weighted by Crippen LogP contribution is 2.39. The molecule has 0 aromatic heterocycles. The Morgan fingerprint density at radius 3 is 2.22 bits per heavy atom. The fourth-order valence-corrected chi connectivity index (χ4v) is 4.38. The van der Waals surface area contributed by atoms with Gasteiger partial charge in [0.25, 0.3) is 0 Å². The van der Waals surface area contributed by atoms with Gasteiger partial charge in [-0.05, 0) is 54.8 Å². The maximum Gasteiger partial charge on any atom is 0.241 e.